The van der Waals surface area contributed by atoms with Crippen molar-refractivity contribution in [2.24, 2.45) is 5.92 Å². The number of nitrogens with one attached hydrogen (secondary N) is 1. The van der Waals surface area contributed by atoms with Crippen LogP contribution in [0.15, 0.2) is 24.3 Å². The van der Waals surface area contributed by atoms with Crippen molar-refractivity contribution in [3.8, 4) is 0 Å². The molecule has 1 aromatic carbocycles. The molecule has 1 aliphatic carbocycles. The molecule has 1 saturated heterocycles. The molecule has 1 N–H and O–H groups in total. The highest BCUT2D eigenvalue weighted by Gasteiger charge is 2.39. The fourth-order valence-electron chi connectivity index (χ4n) is 3.53. The molecule has 1 aliphatic heterocycles. The van der Waals surface area contributed by atoms with Crippen LogP contribution in [0.4, 0.5) is 4.39 Å². The van der Waals surface area contributed by atoms with Crippen LogP contribution in [0.1, 0.15) is 44.3 Å². The normalized spacial score (nSPS) is 30.8. The van der Waals surface area contributed by atoms with E-state index in [1.165, 1.54) is 31.4 Å². The standard InChI is InChI=1S/C16H21FN2O/c1-11-4-2-3-5-14(11)19-15(20)10-18-16(19)12-6-8-13(17)9-7-12/h6-9,11,14,16,18H,2-5,10H2,1H3. The predicted molar refractivity (Wildman–Crippen MR) is 75.4 cm³/mol. The zero-order valence-electron chi connectivity index (χ0n) is 11.8. The third-order valence-corrected chi connectivity index (χ3v) is 4.62. The van der Waals surface area contributed by atoms with Gasteiger partial charge >= 0.3 is 0 Å². The zero-order valence-corrected chi connectivity index (χ0v) is 11.8. The average Bonchev–Trinajstić information content (AvgIpc) is 2.82. The fraction of sp³-hybridized carbons (Fsp3) is 0.562. The lowest BCUT2D eigenvalue weighted by Crippen LogP contribution is -2.44. The van der Waals surface area contributed by atoms with Gasteiger partial charge in [-0.05, 0) is 36.5 Å². The summed E-state index contributed by atoms with van der Waals surface area (Å²) in [6.45, 7) is 2.61. The molecular formula is C16H21FN2O. The van der Waals surface area contributed by atoms with Crippen LogP contribution in [0, 0.1) is 11.7 Å². The molecule has 1 aromatic rings. The smallest absolute Gasteiger partial charge is 0.238 e. The Morgan fingerprint density at radius 2 is 1.90 bits per heavy atom. The van der Waals surface area contributed by atoms with Gasteiger partial charge in [0, 0.05) is 6.04 Å². The van der Waals surface area contributed by atoms with E-state index in [-0.39, 0.29) is 17.9 Å². The second kappa shape index (κ2) is 5.52. The van der Waals surface area contributed by atoms with E-state index in [4.69, 9.17) is 0 Å². The number of rotatable bonds is 2. The molecule has 3 rings (SSSR count). The number of nitrogens with zero attached hydrogens (tertiary/aromatic N) is 1. The van der Waals surface area contributed by atoms with E-state index in [0.717, 1.165) is 12.0 Å². The fourth-order valence-corrected chi connectivity index (χ4v) is 3.53. The lowest BCUT2D eigenvalue weighted by Gasteiger charge is -2.39. The van der Waals surface area contributed by atoms with Gasteiger partial charge in [-0.2, -0.15) is 0 Å². The van der Waals surface area contributed by atoms with Crippen molar-refractivity contribution in [2.75, 3.05) is 6.54 Å². The van der Waals surface area contributed by atoms with Crippen molar-refractivity contribution >= 4 is 5.91 Å². The monoisotopic (exact) mass is 276 g/mol. The quantitative estimate of drug-likeness (QED) is 0.901. The van der Waals surface area contributed by atoms with Crippen LogP contribution in [0.25, 0.3) is 0 Å². The summed E-state index contributed by atoms with van der Waals surface area (Å²) in [4.78, 5) is 14.3. The summed E-state index contributed by atoms with van der Waals surface area (Å²) in [5, 5.41) is 3.26. The predicted octanol–water partition coefficient (Wildman–Crippen LogP) is 2.83. The van der Waals surface area contributed by atoms with Gasteiger partial charge in [-0.1, -0.05) is 31.9 Å². The highest BCUT2D eigenvalue weighted by molar-refractivity contribution is 5.81. The molecule has 1 saturated carbocycles. The Bertz CT molecular complexity index is 488. The molecule has 0 spiro atoms. The minimum Gasteiger partial charge on any atom is -0.319 e. The van der Waals surface area contributed by atoms with Crippen molar-refractivity contribution in [1.82, 2.24) is 10.2 Å². The number of hydrogen-bond acceptors (Lipinski definition) is 2. The Kier molecular flexibility index (Phi) is 3.74. The van der Waals surface area contributed by atoms with E-state index in [1.54, 1.807) is 12.1 Å². The molecule has 0 aromatic heterocycles. The molecule has 108 valence electrons. The lowest BCUT2D eigenvalue weighted by atomic mass is 9.84. The van der Waals surface area contributed by atoms with Crippen molar-refractivity contribution in [3.05, 3.63) is 35.6 Å². The third kappa shape index (κ3) is 2.44. The summed E-state index contributed by atoms with van der Waals surface area (Å²) in [6.07, 6.45) is 4.61. The molecule has 20 heavy (non-hydrogen) atoms. The van der Waals surface area contributed by atoms with Gasteiger partial charge in [-0.3, -0.25) is 10.1 Å². The Labute approximate surface area is 119 Å². The highest BCUT2D eigenvalue weighted by Crippen LogP contribution is 2.34. The summed E-state index contributed by atoms with van der Waals surface area (Å²) < 4.78 is 13.1. The van der Waals surface area contributed by atoms with Crippen LogP contribution in [0.2, 0.25) is 0 Å². The zero-order chi connectivity index (χ0) is 14.1. The van der Waals surface area contributed by atoms with Crippen LogP contribution in [0.3, 0.4) is 0 Å². The second-order valence-corrected chi connectivity index (χ2v) is 5.97. The Balaban J connectivity index is 1.86. The first kappa shape index (κ1) is 13.6. The van der Waals surface area contributed by atoms with E-state index in [2.05, 4.69) is 12.2 Å². The van der Waals surface area contributed by atoms with Crippen molar-refractivity contribution in [2.45, 2.75) is 44.8 Å². The van der Waals surface area contributed by atoms with Crippen molar-refractivity contribution in [3.63, 3.8) is 0 Å². The number of halogens is 1. The average molecular weight is 276 g/mol. The van der Waals surface area contributed by atoms with Gasteiger partial charge in [-0.15, -0.1) is 0 Å². The van der Waals surface area contributed by atoms with E-state index in [9.17, 15) is 9.18 Å². The number of benzene rings is 1. The maximum Gasteiger partial charge on any atom is 0.238 e. The summed E-state index contributed by atoms with van der Waals surface area (Å²) in [6, 6.07) is 6.77. The summed E-state index contributed by atoms with van der Waals surface area (Å²) in [7, 11) is 0. The largest absolute Gasteiger partial charge is 0.319 e. The molecule has 1 heterocycles. The first-order valence-electron chi connectivity index (χ1n) is 7.47. The van der Waals surface area contributed by atoms with Gasteiger partial charge in [0.1, 0.15) is 12.0 Å². The maximum absolute atomic E-state index is 13.1. The maximum atomic E-state index is 13.1. The van der Waals surface area contributed by atoms with Crippen LogP contribution < -0.4 is 5.32 Å². The number of carbonyl (C=O) groups excluding carboxylic acids is 1. The lowest BCUT2D eigenvalue weighted by molar-refractivity contribution is -0.132. The molecule has 3 nitrogen and oxygen atoms in total. The Hall–Kier alpha value is -1.42. The van der Waals surface area contributed by atoms with Crippen molar-refractivity contribution in [1.29, 1.82) is 0 Å². The summed E-state index contributed by atoms with van der Waals surface area (Å²) in [5.41, 5.74) is 0.968. The van der Waals surface area contributed by atoms with E-state index in [1.807, 2.05) is 4.90 Å². The first-order chi connectivity index (χ1) is 9.66. The molecule has 0 radical (unpaired) electrons. The molecular weight excluding hydrogens is 255 g/mol. The molecule has 2 aliphatic rings. The van der Waals surface area contributed by atoms with E-state index >= 15 is 0 Å². The molecule has 2 fully saturated rings. The van der Waals surface area contributed by atoms with Crippen molar-refractivity contribution < 1.29 is 9.18 Å². The topological polar surface area (TPSA) is 32.3 Å². The molecule has 4 heteroatoms. The van der Waals surface area contributed by atoms with E-state index in [0.29, 0.717) is 18.5 Å². The highest BCUT2D eigenvalue weighted by atomic mass is 19.1. The minimum absolute atomic E-state index is 0.103. The first-order valence-corrected chi connectivity index (χ1v) is 7.47. The van der Waals surface area contributed by atoms with Crippen LogP contribution in [-0.4, -0.2) is 23.4 Å². The number of hydrogen-bond donors (Lipinski definition) is 1. The van der Waals surface area contributed by atoms with Crippen LogP contribution in [0.5, 0.6) is 0 Å². The van der Waals surface area contributed by atoms with Crippen LogP contribution >= 0.6 is 0 Å². The second-order valence-electron chi connectivity index (χ2n) is 5.97. The molecule has 3 unspecified atom stereocenters. The summed E-state index contributed by atoms with van der Waals surface area (Å²) >= 11 is 0. The molecule has 3 atom stereocenters. The van der Waals surface area contributed by atoms with Gasteiger partial charge in [0.2, 0.25) is 5.91 Å². The van der Waals surface area contributed by atoms with Gasteiger partial charge in [0.15, 0.2) is 0 Å². The number of carbonyl (C=O) groups is 1. The van der Waals surface area contributed by atoms with E-state index < -0.39 is 0 Å². The van der Waals surface area contributed by atoms with Crippen LogP contribution in [-0.2, 0) is 4.79 Å². The van der Waals surface area contributed by atoms with Gasteiger partial charge in [0.05, 0.1) is 6.54 Å². The summed E-state index contributed by atoms with van der Waals surface area (Å²) in [5.74, 6) is 0.462. The minimum atomic E-state index is -0.240. The number of amides is 1. The Morgan fingerprint density at radius 1 is 1.20 bits per heavy atom. The van der Waals surface area contributed by atoms with Gasteiger partial charge in [-0.25, -0.2) is 4.39 Å². The van der Waals surface area contributed by atoms with Gasteiger partial charge < -0.3 is 4.90 Å². The molecule has 1 amide bonds. The van der Waals surface area contributed by atoms with Gasteiger partial charge in [0.25, 0.3) is 0 Å². The Morgan fingerprint density at radius 3 is 2.60 bits per heavy atom. The SMILES string of the molecule is CC1CCCCC1N1C(=O)CNC1c1ccc(F)cc1. The third-order valence-electron chi connectivity index (χ3n) is 4.62. The molecule has 0 bridgehead atoms.